The number of nitrogens with one attached hydrogen (secondary N) is 3. The maximum atomic E-state index is 4.58. The van der Waals surface area contributed by atoms with E-state index < -0.39 is 0 Å². The molecule has 1 aliphatic carbocycles. The summed E-state index contributed by atoms with van der Waals surface area (Å²) < 4.78 is 1.12. The summed E-state index contributed by atoms with van der Waals surface area (Å²) >= 11 is 3.57. The normalized spacial score (nSPS) is 19.4. The van der Waals surface area contributed by atoms with Crippen molar-refractivity contribution in [3.8, 4) is 0 Å². The van der Waals surface area contributed by atoms with E-state index >= 15 is 0 Å². The second-order valence-electron chi connectivity index (χ2n) is 7.91. The van der Waals surface area contributed by atoms with E-state index in [9.17, 15) is 0 Å². The van der Waals surface area contributed by atoms with Gasteiger partial charge in [0.1, 0.15) is 5.82 Å². The van der Waals surface area contributed by atoms with E-state index in [-0.39, 0.29) is 0 Å². The second kappa shape index (κ2) is 9.13. The van der Waals surface area contributed by atoms with Gasteiger partial charge in [0.15, 0.2) is 0 Å². The molecule has 3 aromatic rings. The average molecular weight is 457 g/mol. The Bertz CT molecular complexity index is 947. The first-order chi connectivity index (χ1) is 14.1. The number of hydrogen-bond acceptors (Lipinski definition) is 5. The van der Waals surface area contributed by atoms with E-state index in [0.29, 0.717) is 6.04 Å². The van der Waals surface area contributed by atoms with Gasteiger partial charge in [0, 0.05) is 54.5 Å². The lowest BCUT2D eigenvalue weighted by Crippen LogP contribution is -2.38. The number of halogens is 1. The molecule has 2 aromatic heterocycles. The number of anilines is 2. The summed E-state index contributed by atoms with van der Waals surface area (Å²) in [6, 6.07) is 8.80. The number of nitrogens with zero attached hydrogens (tertiary/aromatic N) is 3. The lowest BCUT2D eigenvalue weighted by atomic mass is 9.85. The molecule has 7 heteroatoms. The third-order valence-corrected chi connectivity index (χ3v) is 6.55. The van der Waals surface area contributed by atoms with Gasteiger partial charge < -0.3 is 20.5 Å². The lowest BCUT2D eigenvalue weighted by Gasteiger charge is -2.34. The molecule has 29 heavy (non-hydrogen) atoms. The summed E-state index contributed by atoms with van der Waals surface area (Å²) in [4.78, 5) is 14.6. The molecule has 4 rings (SSSR count). The smallest absolute Gasteiger partial charge is 0.227 e. The van der Waals surface area contributed by atoms with Gasteiger partial charge in [0.05, 0.1) is 0 Å². The molecule has 0 spiro atoms. The molecule has 1 aromatic carbocycles. The fourth-order valence-corrected chi connectivity index (χ4v) is 4.63. The van der Waals surface area contributed by atoms with Crippen LogP contribution >= 0.6 is 15.9 Å². The van der Waals surface area contributed by atoms with E-state index in [1.54, 1.807) is 0 Å². The molecular weight excluding hydrogens is 428 g/mol. The largest absolute Gasteiger partial charge is 0.373 e. The quantitative estimate of drug-likeness (QED) is 0.486. The van der Waals surface area contributed by atoms with Gasteiger partial charge in [-0.2, -0.15) is 4.98 Å². The van der Waals surface area contributed by atoms with Gasteiger partial charge in [-0.05, 0) is 68.0 Å². The molecule has 0 unspecified atom stereocenters. The van der Waals surface area contributed by atoms with E-state index in [2.05, 4.69) is 77.9 Å². The Morgan fingerprint density at radius 3 is 2.83 bits per heavy atom. The zero-order chi connectivity index (χ0) is 20.2. The monoisotopic (exact) mass is 456 g/mol. The van der Waals surface area contributed by atoms with Crippen LogP contribution in [0.5, 0.6) is 0 Å². The van der Waals surface area contributed by atoms with Crippen molar-refractivity contribution in [1.82, 2.24) is 20.3 Å². The molecule has 0 bridgehead atoms. The summed E-state index contributed by atoms with van der Waals surface area (Å²) in [6.07, 6.45) is 8.81. The van der Waals surface area contributed by atoms with Crippen LogP contribution in [0, 0.1) is 5.92 Å². The van der Waals surface area contributed by atoms with Crippen LogP contribution in [0.2, 0.25) is 0 Å². The summed E-state index contributed by atoms with van der Waals surface area (Å²) in [5, 5.41) is 8.06. The summed E-state index contributed by atoms with van der Waals surface area (Å²) in [5.41, 5.74) is 2.52. The first kappa shape index (κ1) is 20.2. The molecule has 0 saturated heterocycles. The first-order valence-electron chi connectivity index (χ1n) is 10.3. The third kappa shape index (κ3) is 4.73. The Morgan fingerprint density at radius 2 is 2.03 bits per heavy atom. The maximum Gasteiger partial charge on any atom is 0.227 e. The van der Waals surface area contributed by atoms with Gasteiger partial charge in [-0.1, -0.05) is 15.9 Å². The summed E-state index contributed by atoms with van der Waals surface area (Å²) in [6.45, 7) is 1.98. The molecule has 0 radical (unpaired) electrons. The fraction of sp³-hybridized carbons (Fsp3) is 0.455. The van der Waals surface area contributed by atoms with Crippen LogP contribution in [0.3, 0.4) is 0 Å². The number of fused-ring (bicyclic) bond motifs is 1. The summed E-state index contributed by atoms with van der Waals surface area (Å²) in [5.74, 6) is 2.41. The highest BCUT2D eigenvalue weighted by molar-refractivity contribution is 9.10. The highest BCUT2D eigenvalue weighted by Gasteiger charge is 2.25. The Hall–Kier alpha value is -2.12. The Balaban J connectivity index is 1.26. The van der Waals surface area contributed by atoms with Gasteiger partial charge in [0.2, 0.25) is 5.95 Å². The second-order valence-corrected chi connectivity index (χ2v) is 8.83. The molecule has 2 heterocycles. The molecule has 0 amide bonds. The number of hydrogen-bond donors (Lipinski definition) is 3. The van der Waals surface area contributed by atoms with Crippen molar-refractivity contribution in [3.05, 3.63) is 46.7 Å². The highest BCUT2D eigenvalue weighted by atomic mass is 79.9. The molecule has 154 valence electrons. The fourth-order valence-electron chi connectivity index (χ4n) is 4.26. The highest BCUT2D eigenvalue weighted by Crippen LogP contribution is 2.29. The van der Waals surface area contributed by atoms with Crippen LogP contribution in [-0.2, 0) is 6.54 Å². The van der Waals surface area contributed by atoms with Crippen molar-refractivity contribution in [2.45, 2.75) is 38.3 Å². The average Bonchev–Trinajstić information content (AvgIpc) is 3.16. The van der Waals surface area contributed by atoms with Crippen LogP contribution in [-0.4, -0.2) is 41.6 Å². The SMILES string of the molecule is CNc1ccnc(N(C)C2CCC(CNCc3c[nH]c4ccc(Br)cc34)CC2)n1. The zero-order valence-electron chi connectivity index (χ0n) is 17.1. The van der Waals surface area contributed by atoms with Crippen molar-refractivity contribution in [2.75, 3.05) is 30.9 Å². The number of aromatic nitrogens is 3. The van der Waals surface area contributed by atoms with Crippen LogP contribution in [0.15, 0.2) is 41.1 Å². The molecule has 1 aliphatic rings. The standard InChI is InChI=1S/C22H29BrN6/c1-24-21-9-10-26-22(28-21)29(2)18-6-3-15(4-7-18)12-25-13-16-14-27-20-8-5-17(23)11-19(16)20/h5,8-11,14-15,18,25,27H,3-4,6-7,12-13H2,1-2H3,(H,24,26,28). The van der Waals surface area contributed by atoms with Crippen LogP contribution in [0.1, 0.15) is 31.2 Å². The number of benzene rings is 1. The predicted octanol–water partition coefficient (Wildman–Crippen LogP) is 4.55. The molecule has 6 nitrogen and oxygen atoms in total. The van der Waals surface area contributed by atoms with Crippen LogP contribution in [0.4, 0.5) is 11.8 Å². The van der Waals surface area contributed by atoms with Crippen molar-refractivity contribution < 1.29 is 0 Å². The lowest BCUT2D eigenvalue weighted by molar-refractivity contribution is 0.308. The van der Waals surface area contributed by atoms with Crippen molar-refractivity contribution >= 4 is 38.6 Å². The zero-order valence-corrected chi connectivity index (χ0v) is 18.7. The Labute approximate surface area is 180 Å². The Morgan fingerprint density at radius 1 is 1.21 bits per heavy atom. The summed E-state index contributed by atoms with van der Waals surface area (Å²) in [7, 11) is 4.01. The van der Waals surface area contributed by atoms with Gasteiger partial charge in [0.25, 0.3) is 0 Å². The Kier molecular flexibility index (Phi) is 6.35. The molecule has 0 aliphatic heterocycles. The molecule has 1 fully saturated rings. The minimum Gasteiger partial charge on any atom is -0.373 e. The van der Waals surface area contributed by atoms with E-state index in [4.69, 9.17) is 0 Å². The molecule has 1 saturated carbocycles. The van der Waals surface area contributed by atoms with E-state index in [0.717, 1.165) is 35.2 Å². The molecular formula is C22H29BrN6. The van der Waals surface area contributed by atoms with Crippen molar-refractivity contribution in [2.24, 2.45) is 5.92 Å². The maximum absolute atomic E-state index is 4.58. The predicted molar refractivity (Wildman–Crippen MR) is 123 cm³/mol. The van der Waals surface area contributed by atoms with Gasteiger partial charge in [-0.15, -0.1) is 0 Å². The van der Waals surface area contributed by atoms with Crippen molar-refractivity contribution in [1.29, 1.82) is 0 Å². The number of rotatable bonds is 7. The first-order valence-corrected chi connectivity index (χ1v) is 11.1. The van der Waals surface area contributed by atoms with Gasteiger partial charge in [-0.3, -0.25) is 0 Å². The van der Waals surface area contributed by atoms with E-state index in [1.807, 2.05) is 19.3 Å². The third-order valence-electron chi connectivity index (χ3n) is 6.06. The van der Waals surface area contributed by atoms with Crippen molar-refractivity contribution in [3.63, 3.8) is 0 Å². The van der Waals surface area contributed by atoms with Crippen LogP contribution in [0.25, 0.3) is 10.9 Å². The minimum atomic E-state index is 0.518. The minimum absolute atomic E-state index is 0.518. The van der Waals surface area contributed by atoms with Crippen LogP contribution < -0.4 is 15.5 Å². The number of H-pyrrole nitrogens is 1. The van der Waals surface area contributed by atoms with Gasteiger partial charge >= 0.3 is 0 Å². The topological polar surface area (TPSA) is 68.9 Å². The molecule has 0 atom stereocenters. The van der Waals surface area contributed by atoms with Gasteiger partial charge in [-0.25, -0.2) is 4.98 Å². The molecule has 3 N–H and O–H groups in total. The van der Waals surface area contributed by atoms with E-state index in [1.165, 1.54) is 42.1 Å². The number of aromatic amines is 1.